The van der Waals surface area contributed by atoms with Crippen molar-refractivity contribution in [2.24, 2.45) is 5.92 Å². The highest BCUT2D eigenvalue weighted by Crippen LogP contribution is 2.26. The van der Waals surface area contributed by atoms with Crippen LogP contribution < -0.4 is 15.5 Å². The molecule has 1 unspecified atom stereocenters. The SMILES string of the molecule is CC(C)CC(=O)Nc1ccc(NC2CC(=O)N(c3ccc(Br)cc3)C2=O)cc1. The summed E-state index contributed by atoms with van der Waals surface area (Å²) in [5.41, 5.74) is 1.97. The second-order valence-electron chi connectivity index (χ2n) is 7.17. The molecule has 0 bridgehead atoms. The second-order valence-corrected chi connectivity index (χ2v) is 8.08. The molecule has 1 aliphatic heterocycles. The number of carbonyl (C=O) groups is 3. The number of hydrogen-bond acceptors (Lipinski definition) is 4. The van der Waals surface area contributed by atoms with Gasteiger partial charge in [0.05, 0.1) is 12.1 Å². The summed E-state index contributed by atoms with van der Waals surface area (Å²) in [4.78, 5) is 38.1. The molecule has 1 atom stereocenters. The van der Waals surface area contributed by atoms with E-state index in [4.69, 9.17) is 0 Å². The molecule has 1 heterocycles. The first-order valence-corrected chi connectivity index (χ1v) is 9.91. The fraction of sp³-hybridized carbons (Fsp3) is 0.286. The van der Waals surface area contributed by atoms with Crippen LogP contribution in [0.4, 0.5) is 17.1 Å². The van der Waals surface area contributed by atoms with Gasteiger partial charge in [-0.05, 0) is 54.4 Å². The summed E-state index contributed by atoms with van der Waals surface area (Å²) in [6.45, 7) is 3.98. The van der Waals surface area contributed by atoms with Gasteiger partial charge >= 0.3 is 0 Å². The summed E-state index contributed by atoms with van der Waals surface area (Å²) in [5, 5.41) is 5.95. The highest BCUT2D eigenvalue weighted by Gasteiger charge is 2.39. The van der Waals surface area contributed by atoms with E-state index in [1.807, 2.05) is 13.8 Å². The number of hydrogen-bond donors (Lipinski definition) is 2. The summed E-state index contributed by atoms with van der Waals surface area (Å²) in [7, 11) is 0. The van der Waals surface area contributed by atoms with Gasteiger partial charge in [-0.1, -0.05) is 29.8 Å². The van der Waals surface area contributed by atoms with Gasteiger partial charge < -0.3 is 10.6 Å². The fourth-order valence-corrected chi connectivity index (χ4v) is 3.30. The Balaban J connectivity index is 1.64. The fourth-order valence-electron chi connectivity index (χ4n) is 3.04. The summed E-state index contributed by atoms with van der Waals surface area (Å²) in [6, 6.07) is 13.6. The van der Waals surface area contributed by atoms with Crippen LogP contribution >= 0.6 is 15.9 Å². The lowest BCUT2D eigenvalue weighted by molar-refractivity contribution is -0.121. The van der Waals surface area contributed by atoms with Crippen molar-refractivity contribution in [1.29, 1.82) is 0 Å². The minimum Gasteiger partial charge on any atom is -0.373 e. The lowest BCUT2D eigenvalue weighted by Gasteiger charge is -2.16. The van der Waals surface area contributed by atoms with Crippen LogP contribution in [0.1, 0.15) is 26.7 Å². The Morgan fingerprint density at radius 3 is 2.29 bits per heavy atom. The van der Waals surface area contributed by atoms with E-state index in [0.717, 1.165) is 4.47 Å². The average Bonchev–Trinajstić information content (AvgIpc) is 2.90. The third-order valence-electron chi connectivity index (χ3n) is 4.33. The minimum atomic E-state index is -0.613. The van der Waals surface area contributed by atoms with Crippen LogP contribution in [0.15, 0.2) is 53.0 Å². The molecule has 0 spiro atoms. The van der Waals surface area contributed by atoms with Gasteiger partial charge in [0, 0.05) is 22.3 Å². The molecule has 2 N–H and O–H groups in total. The number of benzene rings is 2. The first-order chi connectivity index (χ1) is 13.3. The third-order valence-corrected chi connectivity index (χ3v) is 4.86. The lowest BCUT2D eigenvalue weighted by Crippen LogP contribution is -2.34. The normalized spacial score (nSPS) is 16.6. The molecule has 0 aromatic heterocycles. The van der Waals surface area contributed by atoms with E-state index < -0.39 is 6.04 Å². The molecule has 1 aliphatic rings. The molecule has 0 radical (unpaired) electrons. The van der Waals surface area contributed by atoms with E-state index >= 15 is 0 Å². The number of nitrogens with zero attached hydrogens (tertiary/aromatic N) is 1. The predicted molar refractivity (Wildman–Crippen MR) is 113 cm³/mol. The molecule has 1 fully saturated rings. The number of halogens is 1. The molecule has 28 heavy (non-hydrogen) atoms. The van der Waals surface area contributed by atoms with Crippen LogP contribution in [0.3, 0.4) is 0 Å². The summed E-state index contributed by atoms with van der Waals surface area (Å²) in [6.07, 6.45) is 0.562. The van der Waals surface area contributed by atoms with Crippen molar-refractivity contribution < 1.29 is 14.4 Å². The first kappa shape index (κ1) is 20.1. The maximum Gasteiger partial charge on any atom is 0.256 e. The van der Waals surface area contributed by atoms with Crippen molar-refractivity contribution in [2.45, 2.75) is 32.7 Å². The van der Waals surface area contributed by atoms with Crippen molar-refractivity contribution in [3.63, 3.8) is 0 Å². The zero-order chi connectivity index (χ0) is 20.3. The molecule has 2 aromatic carbocycles. The largest absolute Gasteiger partial charge is 0.373 e. The molecule has 0 aliphatic carbocycles. The highest BCUT2D eigenvalue weighted by atomic mass is 79.9. The van der Waals surface area contributed by atoms with Gasteiger partial charge in [0.2, 0.25) is 11.8 Å². The van der Waals surface area contributed by atoms with Gasteiger partial charge in [0.25, 0.3) is 5.91 Å². The third kappa shape index (κ3) is 4.78. The van der Waals surface area contributed by atoms with Crippen LogP contribution in [0.2, 0.25) is 0 Å². The molecule has 3 rings (SSSR count). The van der Waals surface area contributed by atoms with E-state index in [0.29, 0.717) is 29.4 Å². The molecule has 0 saturated carbocycles. The van der Waals surface area contributed by atoms with Crippen molar-refractivity contribution in [1.82, 2.24) is 0 Å². The summed E-state index contributed by atoms with van der Waals surface area (Å²) >= 11 is 3.35. The van der Waals surface area contributed by atoms with Gasteiger partial charge in [0.1, 0.15) is 6.04 Å². The number of anilines is 3. The molecule has 146 valence electrons. The lowest BCUT2D eigenvalue weighted by atomic mass is 10.1. The van der Waals surface area contributed by atoms with E-state index in [1.54, 1.807) is 48.5 Å². The molecular formula is C21H22BrN3O3. The number of imide groups is 1. The summed E-state index contributed by atoms with van der Waals surface area (Å²) < 4.78 is 0.880. The Morgan fingerprint density at radius 2 is 1.68 bits per heavy atom. The van der Waals surface area contributed by atoms with E-state index in [1.165, 1.54) is 4.90 Å². The monoisotopic (exact) mass is 443 g/mol. The topological polar surface area (TPSA) is 78.5 Å². The van der Waals surface area contributed by atoms with E-state index in [9.17, 15) is 14.4 Å². The maximum atomic E-state index is 12.7. The average molecular weight is 444 g/mol. The smallest absolute Gasteiger partial charge is 0.256 e. The maximum absolute atomic E-state index is 12.7. The van der Waals surface area contributed by atoms with Gasteiger partial charge in [-0.3, -0.25) is 14.4 Å². The van der Waals surface area contributed by atoms with E-state index in [-0.39, 0.29) is 24.1 Å². The summed E-state index contributed by atoms with van der Waals surface area (Å²) in [5.74, 6) is -0.248. The Bertz CT molecular complexity index is 879. The number of nitrogens with one attached hydrogen (secondary N) is 2. The number of carbonyl (C=O) groups excluding carboxylic acids is 3. The highest BCUT2D eigenvalue weighted by molar-refractivity contribution is 9.10. The van der Waals surface area contributed by atoms with Gasteiger partial charge in [0.15, 0.2) is 0 Å². The Labute approximate surface area is 172 Å². The number of rotatable bonds is 6. The minimum absolute atomic E-state index is 0.0302. The zero-order valence-electron chi connectivity index (χ0n) is 15.7. The van der Waals surface area contributed by atoms with Crippen LogP contribution in [-0.4, -0.2) is 23.8 Å². The quantitative estimate of drug-likeness (QED) is 0.656. The molecule has 1 saturated heterocycles. The zero-order valence-corrected chi connectivity index (χ0v) is 17.3. The van der Waals surface area contributed by atoms with Crippen LogP contribution in [0, 0.1) is 5.92 Å². The Kier molecular flexibility index (Phi) is 6.14. The van der Waals surface area contributed by atoms with Crippen molar-refractivity contribution in [3.05, 3.63) is 53.0 Å². The second kappa shape index (κ2) is 8.56. The molecular weight excluding hydrogens is 422 g/mol. The van der Waals surface area contributed by atoms with Crippen molar-refractivity contribution in [3.8, 4) is 0 Å². The molecule has 6 nitrogen and oxygen atoms in total. The van der Waals surface area contributed by atoms with Gasteiger partial charge in [-0.15, -0.1) is 0 Å². The van der Waals surface area contributed by atoms with Gasteiger partial charge in [-0.25, -0.2) is 4.90 Å². The first-order valence-electron chi connectivity index (χ1n) is 9.12. The van der Waals surface area contributed by atoms with E-state index in [2.05, 4.69) is 26.6 Å². The van der Waals surface area contributed by atoms with Crippen molar-refractivity contribution >= 4 is 50.7 Å². The Hall–Kier alpha value is -2.67. The molecule has 7 heteroatoms. The molecule has 3 amide bonds. The number of amides is 3. The van der Waals surface area contributed by atoms with Crippen molar-refractivity contribution in [2.75, 3.05) is 15.5 Å². The Morgan fingerprint density at radius 1 is 1.07 bits per heavy atom. The predicted octanol–water partition coefficient (Wildman–Crippen LogP) is 4.18. The standard InChI is InChI=1S/C21H22BrN3O3/c1-13(2)11-19(26)24-16-7-5-15(6-8-16)23-18-12-20(27)25(21(18)28)17-9-3-14(22)4-10-17/h3-10,13,18,23H,11-12H2,1-2H3,(H,24,26). The van der Waals surface area contributed by atoms with Crippen LogP contribution in [-0.2, 0) is 14.4 Å². The van der Waals surface area contributed by atoms with Gasteiger partial charge in [-0.2, -0.15) is 0 Å². The van der Waals surface area contributed by atoms with Crippen LogP contribution in [0.5, 0.6) is 0 Å². The van der Waals surface area contributed by atoms with Crippen LogP contribution in [0.25, 0.3) is 0 Å². The molecule has 2 aromatic rings.